The van der Waals surface area contributed by atoms with Crippen LogP contribution < -0.4 is 11.1 Å². The number of nitrogens with zero attached hydrogens (tertiary/aromatic N) is 2. The number of imide groups is 1. The van der Waals surface area contributed by atoms with Crippen molar-refractivity contribution in [3.8, 4) is 0 Å². The fourth-order valence-electron chi connectivity index (χ4n) is 4.40. The Kier molecular flexibility index (Phi) is 4.13. The average Bonchev–Trinajstić information content (AvgIpc) is 3.21. The number of urea groups is 1. The van der Waals surface area contributed by atoms with Gasteiger partial charge in [0.1, 0.15) is 18.1 Å². The number of carbonyl (C=O) groups is 4. The van der Waals surface area contributed by atoms with Crippen LogP contribution in [0.3, 0.4) is 0 Å². The van der Waals surface area contributed by atoms with Crippen LogP contribution >= 0.6 is 0 Å². The summed E-state index contributed by atoms with van der Waals surface area (Å²) in [6, 6.07) is 6.23. The minimum Gasteiger partial charge on any atom is -0.368 e. The number of hydrogen-bond donors (Lipinski definition) is 2. The molecule has 4 rings (SSSR count). The van der Waals surface area contributed by atoms with Crippen LogP contribution in [0.25, 0.3) is 0 Å². The molecule has 1 spiro atoms. The van der Waals surface area contributed by atoms with Crippen molar-refractivity contribution in [2.24, 2.45) is 5.73 Å². The molecule has 0 aromatic heterocycles. The van der Waals surface area contributed by atoms with Gasteiger partial charge in [0, 0.05) is 13.0 Å². The fraction of sp³-hybridized carbons (Fsp3) is 0.474. The van der Waals surface area contributed by atoms with Crippen molar-refractivity contribution in [2.75, 3.05) is 6.54 Å². The molecule has 0 unspecified atom stereocenters. The second-order valence-corrected chi connectivity index (χ2v) is 7.52. The molecule has 1 aromatic carbocycles. The highest BCUT2D eigenvalue weighted by molar-refractivity contribution is 6.09. The number of benzene rings is 1. The monoisotopic (exact) mass is 370 g/mol. The van der Waals surface area contributed by atoms with E-state index in [4.69, 9.17) is 5.73 Å². The number of carbonyl (C=O) groups excluding carboxylic acids is 4. The first kappa shape index (κ1) is 17.5. The van der Waals surface area contributed by atoms with Gasteiger partial charge in [0.15, 0.2) is 0 Å². The number of hydrogen-bond acceptors (Lipinski definition) is 4. The molecule has 0 radical (unpaired) electrons. The van der Waals surface area contributed by atoms with Crippen LogP contribution in [0.4, 0.5) is 4.79 Å². The fourth-order valence-corrected chi connectivity index (χ4v) is 4.40. The lowest BCUT2D eigenvalue weighted by atomic mass is 9.93. The van der Waals surface area contributed by atoms with Gasteiger partial charge < -0.3 is 16.0 Å². The second kappa shape index (κ2) is 6.37. The van der Waals surface area contributed by atoms with Gasteiger partial charge in [-0.3, -0.25) is 19.3 Å². The molecule has 1 aromatic rings. The summed E-state index contributed by atoms with van der Waals surface area (Å²) in [5.74, 6) is -1.39. The van der Waals surface area contributed by atoms with Crippen molar-refractivity contribution in [1.29, 1.82) is 0 Å². The molecule has 3 N–H and O–H groups in total. The van der Waals surface area contributed by atoms with Gasteiger partial charge in [-0.15, -0.1) is 0 Å². The number of fused-ring (bicyclic) bond motifs is 1. The summed E-state index contributed by atoms with van der Waals surface area (Å²) in [5, 5.41) is 2.76. The molecule has 27 heavy (non-hydrogen) atoms. The van der Waals surface area contributed by atoms with E-state index in [-0.39, 0.29) is 19.0 Å². The second-order valence-electron chi connectivity index (χ2n) is 7.52. The Morgan fingerprint density at radius 1 is 1.15 bits per heavy atom. The molecule has 8 nitrogen and oxygen atoms in total. The van der Waals surface area contributed by atoms with Crippen molar-refractivity contribution in [1.82, 2.24) is 15.1 Å². The maximum atomic E-state index is 12.9. The number of nitrogens with one attached hydrogen (secondary N) is 1. The van der Waals surface area contributed by atoms with Gasteiger partial charge >= 0.3 is 6.03 Å². The number of primary amides is 1. The highest BCUT2D eigenvalue weighted by Gasteiger charge is 2.53. The maximum Gasteiger partial charge on any atom is 0.325 e. The lowest BCUT2D eigenvalue weighted by Gasteiger charge is -2.35. The van der Waals surface area contributed by atoms with E-state index in [9.17, 15) is 19.2 Å². The Morgan fingerprint density at radius 2 is 1.81 bits per heavy atom. The van der Waals surface area contributed by atoms with Crippen LogP contribution in [-0.4, -0.2) is 51.7 Å². The van der Waals surface area contributed by atoms with Gasteiger partial charge in [-0.25, -0.2) is 4.79 Å². The molecule has 8 heteroatoms. The van der Waals surface area contributed by atoms with E-state index in [2.05, 4.69) is 5.32 Å². The van der Waals surface area contributed by atoms with Gasteiger partial charge in [0.25, 0.3) is 5.91 Å². The first-order chi connectivity index (χ1) is 12.9. The quantitative estimate of drug-likeness (QED) is 0.745. The molecule has 3 aliphatic rings. The molecule has 1 atom stereocenters. The molecule has 2 aliphatic heterocycles. The van der Waals surface area contributed by atoms with Crippen LogP contribution in [0, 0.1) is 0 Å². The Morgan fingerprint density at radius 3 is 2.48 bits per heavy atom. The Labute approximate surface area is 156 Å². The first-order valence-electron chi connectivity index (χ1n) is 9.21. The van der Waals surface area contributed by atoms with Gasteiger partial charge in [-0.05, 0) is 24.0 Å². The minimum atomic E-state index is -0.852. The van der Waals surface area contributed by atoms with Crippen LogP contribution in [-0.2, 0) is 27.3 Å². The topological polar surface area (TPSA) is 113 Å². The molecule has 0 bridgehead atoms. The van der Waals surface area contributed by atoms with Crippen LogP contribution in [0.2, 0.25) is 0 Å². The third-order valence-corrected chi connectivity index (χ3v) is 5.89. The summed E-state index contributed by atoms with van der Waals surface area (Å²) in [7, 11) is 0. The first-order valence-corrected chi connectivity index (χ1v) is 9.21. The predicted molar refractivity (Wildman–Crippen MR) is 95.1 cm³/mol. The molecule has 1 saturated heterocycles. The number of nitrogens with two attached hydrogens (primary N) is 1. The smallest absolute Gasteiger partial charge is 0.325 e. The zero-order valence-electron chi connectivity index (χ0n) is 14.9. The summed E-state index contributed by atoms with van der Waals surface area (Å²) in [5.41, 5.74) is 6.58. The zero-order valence-corrected chi connectivity index (χ0v) is 14.9. The summed E-state index contributed by atoms with van der Waals surface area (Å²) in [6.07, 6.45) is 3.29. The predicted octanol–water partition coefficient (Wildman–Crippen LogP) is 0.290. The van der Waals surface area contributed by atoms with E-state index >= 15 is 0 Å². The van der Waals surface area contributed by atoms with Crippen LogP contribution in [0.15, 0.2) is 24.3 Å². The maximum absolute atomic E-state index is 12.9. The standard InChI is InChI=1S/C19H22N4O4/c20-16(25)14-9-12-5-1-2-6-13(12)10-22(14)15(24)11-23-17(26)19(21-18(23)27)7-3-4-8-19/h1-2,5-6,14H,3-4,7-11H2,(H2,20,25)(H,21,27)/t14-/m0/s1. The Hall–Kier alpha value is -2.90. The van der Waals surface area contributed by atoms with Gasteiger partial charge in [0.2, 0.25) is 11.8 Å². The highest BCUT2D eigenvalue weighted by atomic mass is 16.2. The molecule has 2 fully saturated rings. The summed E-state index contributed by atoms with van der Waals surface area (Å²) in [4.78, 5) is 52.3. The Balaban J connectivity index is 1.54. The van der Waals surface area contributed by atoms with E-state index in [1.54, 1.807) is 0 Å². The van der Waals surface area contributed by atoms with Crippen molar-refractivity contribution in [3.63, 3.8) is 0 Å². The number of amides is 5. The van der Waals surface area contributed by atoms with E-state index in [1.165, 1.54) is 4.90 Å². The molecule has 5 amide bonds. The average molecular weight is 370 g/mol. The van der Waals surface area contributed by atoms with E-state index < -0.39 is 29.4 Å². The third-order valence-electron chi connectivity index (χ3n) is 5.89. The lowest BCUT2D eigenvalue weighted by Crippen LogP contribution is -2.54. The summed E-state index contributed by atoms with van der Waals surface area (Å²) < 4.78 is 0. The molecule has 142 valence electrons. The van der Waals surface area contributed by atoms with Gasteiger partial charge in [0.05, 0.1) is 0 Å². The minimum absolute atomic E-state index is 0.234. The summed E-state index contributed by atoms with van der Waals surface area (Å²) in [6.45, 7) is -0.143. The van der Waals surface area contributed by atoms with E-state index in [0.29, 0.717) is 19.3 Å². The SMILES string of the molecule is NC(=O)[C@@H]1Cc2ccccc2CN1C(=O)CN1C(=O)NC2(CCCC2)C1=O. The van der Waals surface area contributed by atoms with E-state index in [1.807, 2.05) is 24.3 Å². The molecule has 1 saturated carbocycles. The van der Waals surface area contributed by atoms with Crippen LogP contribution in [0.5, 0.6) is 0 Å². The summed E-state index contributed by atoms with van der Waals surface area (Å²) >= 11 is 0. The van der Waals surface area contributed by atoms with Crippen molar-refractivity contribution < 1.29 is 19.2 Å². The van der Waals surface area contributed by atoms with Gasteiger partial charge in [-0.2, -0.15) is 0 Å². The van der Waals surface area contributed by atoms with Crippen molar-refractivity contribution in [2.45, 2.75) is 50.2 Å². The highest BCUT2D eigenvalue weighted by Crippen LogP contribution is 2.35. The van der Waals surface area contributed by atoms with Crippen molar-refractivity contribution in [3.05, 3.63) is 35.4 Å². The van der Waals surface area contributed by atoms with Gasteiger partial charge in [-0.1, -0.05) is 37.1 Å². The largest absolute Gasteiger partial charge is 0.368 e. The lowest BCUT2D eigenvalue weighted by molar-refractivity contribution is -0.144. The van der Waals surface area contributed by atoms with Crippen LogP contribution in [0.1, 0.15) is 36.8 Å². The van der Waals surface area contributed by atoms with E-state index in [0.717, 1.165) is 28.9 Å². The third kappa shape index (κ3) is 2.85. The molecule has 2 heterocycles. The Bertz CT molecular complexity index is 831. The zero-order chi connectivity index (χ0) is 19.2. The number of rotatable bonds is 3. The normalized spacial score (nSPS) is 23.5. The molecule has 1 aliphatic carbocycles. The van der Waals surface area contributed by atoms with Crippen molar-refractivity contribution >= 4 is 23.8 Å². The molecular weight excluding hydrogens is 348 g/mol. The molecular formula is C19H22N4O4.